The van der Waals surface area contributed by atoms with Crippen LogP contribution in [0.25, 0.3) is 0 Å². The van der Waals surface area contributed by atoms with E-state index >= 15 is 0 Å². The highest BCUT2D eigenvalue weighted by Crippen LogP contribution is 2.28. The second-order valence-corrected chi connectivity index (χ2v) is 4.80. The summed E-state index contributed by atoms with van der Waals surface area (Å²) in [5.41, 5.74) is 0. The maximum absolute atomic E-state index is 11.3. The van der Waals surface area contributed by atoms with Crippen molar-refractivity contribution in [3.05, 3.63) is 0 Å². The lowest BCUT2D eigenvalue weighted by Gasteiger charge is -2.36. The fourth-order valence-electron chi connectivity index (χ4n) is 2.92. The second kappa shape index (κ2) is 5.64. The fourth-order valence-corrected chi connectivity index (χ4v) is 2.92. The highest BCUT2D eigenvalue weighted by atomic mass is 16.5. The Kier molecular flexibility index (Phi) is 4.18. The molecule has 2 unspecified atom stereocenters. The summed E-state index contributed by atoms with van der Waals surface area (Å²) >= 11 is 0. The number of hydrogen-bond donors (Lipinski definition) is 1. The van der Waals surface area contributed by atoms with Gasteiger partial charge in [0.2, 0.25) is 0 Å². The van der Waals surface area contributed by atoms with Gasteiger partial charge in [-0.15, -0.1) is 0 Å². The van der Waals surface area contributed by atoms with Gasteiger partial charge in [0, 0.05) is 19.1 Å². The van der Waals surface area contributed by atoms with E-state index in [-0.39, 0.29) is 12.0 Å². The van der Waals surface area contributed by atoms with E-state index in [4.69, 9.17) is 4.74 Å². The zero-order valence-corrected chi connectivity index (χ0v) is 9.73. The van der Waals surface area contributed by atoms with Crippen molar-refractivity contribution in [2.24, 2.45) is 5.92 Å². The predicted molar refractivity (Wildman–Crippen MR) is 60.4 cm³/mol. The third kappa shape index (κ3) is 2.74. The molecular weight excluding hydrogens is 206 g/mol. The Morgan fingerprint density at radius 3 is 2.50 bits per heavy atom. The normalized spacial score (nSPS) is 33.2. The van der Waals surface area contributed by atoms with Gasteiger partial charge < -0.3 is 9.84 Å². The van der Waals surface area contributed by atoms with Gasteiger partial charge in [-0.2, -0.15) is 0 Å². The molecule has 4 heteroatoms. The maximum atomic E-state index is 11.3. The number of carboxylic acids is 1. The van der Waals surface area contributed by atoms with Crippen LogP contribution in [0, 0.1) is 5.92 Å². The monoisotopic (exact) mass is 227 g/mol. The number of morpholine rings is 1. The van der Waals surface area contributed by atoms with Crippen molar-refractivity contribution < 1.29 is 14.6 Å². The number of hydrogen-bond acceptors (Lipinski definition) is 3. The van der Waals surface area contributed by atoms with E-state index in [1.807, 2.05) is 0 Å². The van der Waals surface area contributed by atoms with Crippen LogP contribution >= 0.6 is 0 Å². The quantitative estimate of drug-likeness (QED) is 0.723. The molecule has 4 nitrogen and oxygen atoms in total. The molecule has 0 aromatic heterocycles. The molecule has 1 N–H and O–H groups in total. The van der Waals surface area contributed by atoms with E-state index in [0.29, 0.717) is 0 Å². The van der Waals surface area contributed by atoms with Crippen molar-refractivity contribution in [3.63, 3.8) is 0 Å². The van der Waals surface area contributed by atoms with Gasteiger partial charge >= 0.3 is 5.97 Å². The average Bonchev–Trinajstić information content (AvgIpc) is 2.55. The molecule has 2 aliphatic rings. The van der Waals surface area contributed by atoms with Gasteiger partial charge in [-0.1, -0.05) is 19.3 Å². The van der Waals surface area contributed by atoms with Gasteiger partial charge in [-0.3, -0.25) is 9.69 Å². The molecular formula is C12H21NO3. The first-order valence-corrected chi connectivity index (χ1v) is 6.33. The number of carbonyl (C=O) groups is 1. The number of rotatable bonds is 2. The molecule has 2 fully saturated rings. The fraction of sp³-hybridized carbons (Fsp3) is 0.917. The van der Waals surface area contributed by atoms with Gasteiger partial charge in [0.1, 0.15) is 0 Å². The first kappa shape index (κ1) is 11.9. The van der Waals surface area contributed by atoms with Crippen LogP contribution in [0.2, 0.25) is 0 Å². The van der Waals surface area contributed by atoms with Crippen molar-refractivity contribution >= 4 is 5.97 Å². The topological polar surface area (TPSA) is 49.8 Å². The second-order valence-electron chi connectivity index (χ2n) is 4.80. The van der Waals surface area contributed by atoms with Crippen LogP contribution < -0.4 is 0 Å². The SMILES string of the molecule is O=C(O)C1CCCCCC1N1CCOCC1. The Labute approximate surface area is 96.6 Å². The van der Waals surface area contributed by atoms with Crippen molar-refractivity contribution in [2.75, 3.05) is 26.3 Å². The van der Waals surface area contributed by atoms with Gasteiger partial charge in [0.25, 0.3) is 0 Å². The molecule has 1 saturated carbocycles. The largest absolute Gasteiger partial charge is 0.481 e. The highest BCUT2D eigenvalue weighted by molar-refractivity contribution is 5.70. The number of nitrogens with zero attached hydrogens (tertiary/aromatic N) is 1. The third-order valence-electron chi connectivity index (χ3n) is 3.81. The van der Waals surface area contributed by atoms with Gasteiger partial charge in [0.15, 0.2) is 0 Å². The van der Waals surface area contributed by atoms with Gasteiger partial charge in [0.05, 0.1) is 19.1 Å². The van der Waals surface area contributed by atoms with Crippen LogP contribution in [0.4, 0.5) is 0 Å². The number of ether oxygens (including phenoxy) is 1. The zero-order chi connectivity index (χ0) is 11.4. The van der Waals surface area contributed by atoms with E-state index in [2.05, 4.69) is 4.90 Å². The molecule has 0 bridgehead atoms. The molecule has 1 heterocycles. The summed E-state index contributed by atoms with van der Waals surface area (Å²) in [4.78, 5) is 13.6. The first-order chi connectivity index (χ1) is 7.79. The lowest BCUT2D eigenvalue weighted by Crippen LogP contribution is -2.48. The van der Waals surface area contributed by atoms with Gasteiger partial charge in [-0.05, 0) is 12.8 Å². The Morgan fingerprint density at radius 1 is 1.12 bits per heavy atom. The highest BCUT2D eigenvalue weighted by Gasteiger charge is 2.34. The maximum Gasteiger partial charge on any atom is 0.308 e. The molecule has 0 radical (unpaired) electrons. The molecule has 0 aromatic carbocycles. The van der Waals surface area contributed by atoms with Crippen LogP contribution in [0.15, 0.2) is 0 Å². The summed E-state index contributed by atoms with van der Waals surface area (Å²) in [6, 6.07) is 0.240. The van der Waals surface area contributed by atoms with Crippen molar-refractivity contribution in [1.29, 1.82) is 0 Å². The molecule has 2 atom stereocenters. The lowest BCUT2D eigenvalue weighted by molar-refractivity contribution is -0.145. The van der Waals surface area contributed by atoms with Crippen LogP contribution in [0.3, 0.4) is 0 Å². The minimum absolute atomic E-state index is 0.166. The van der Waals surface area contributed by atoms with E-state index < -0.39 is 5.97 Å². The van der Waals surface area contributed by atoms with Crippen LogP contribution in [-0.4, -0.2) is 48.3 Å². The minimum atomic E-state index is -0.613. The number of aliphatic carboxylic acids is 1. The molecule has 0 aromatic rings. The molecule has 0 amide bonds. The lowest BCUT2D eigenvalue weighted by atomic mass is 9.93. The Hall–Kier alpha value is -0.610. The summed E-state index contributed by atoms with van der Waals surface area (Å²) in [6.07, 6.45) is 5.31. The van der Waals surface area contributed by atoms with Crippen LogP contribution in [-0.2, 0) is 9.53 Å². The van der Waals surface area contributed by atoms with Crippen molar-refractivity contribution in [3.8, 4) is 0 Å². The van der Waals surface area contributed by atoms with Crippen molar-refractivity contribution in [1.82, 2.24) is 4.90 Å². The van der Waals surface area contributed by atoms with Gasteiger partial charge in [-0.25, -0.2) is 0 Å². The smallest absolute Gasteiger partial charge is 0.308 e. The van der Waals surface area contributed by atoms with E-state index in [1.165, 1.54) is 12.8 Å². The standard InChI is InChI=1S/C12H21NO3/c14-12(15)10-4-2-1-3-5-11(10)13-6-8-16-9-7-13/h10-11H,1-9H2,(H,14,15). The summed E-state index contributed by atoms with van der Waals surface area (Å²) < 4.78 is 5.33. The van der Waals surface area contributed by atoms with Crippen LogP contribution in [0.1, 0.15) is 32.1 Å². The summed E-state index contributed by atoms with van der Waals surface area (Å²) in [5, 5.41) is 9.31. The molecule has 16 heavy (non-hydrogen) atoms. The van der Waals surface area contributed by atoms with E-state index in [1.54, 1.807) is 0 Å². The molecule has 0 spiro atoms. The molecule has 1 aliphatic heterocycles. The summed E-state index contributed by atoms with van der Waals surface area (Å²) in [5.74, 6) is -0.779. The average molecular weight is 227 g/mol. The van der Waals surface area contributed by atoms with E-state index in [0.717, 1.165) is 45.6 Å². The molecule has 2 rings (SSSR count). The van der Waals surface area contributed by atoms with Crippen LogP contribution in [0.5, 0.6) is 0 Å². The van der Waals surface area contributed by atoms with E-state index in [9.17, 15) is 9.90 Å². The molecule has 1 aliphatic carbocycles. The molecule has 92 valence electrons. The Morgan fingerprint density at radius 2 is 1.81 bits per heavy atom. The molecule has 1 saturated heterocycles. The van der Waals surface area contributed by atoms with Crippen molar-refractivity contribution in [2.45, 2.75) is 38.1 Å². The Balaban J connectivity index is 2.03. The summed E-state index contributed by atoms with van der Waals surface area (Å²) in [7, 11) is 0. The first-order valence-electron chi connectivity index (χ1n) is 6.33. The predicted octanol–water partition coefficient (Wildman–Crippen LogP) is 1.35. The number of carboxylic acid groups (broad SMARTS) is 1. The Bertz CT molecular complexity index is 238. The minimum Gasteiger partial charge on any atom is -0.481 e. The zero-order valence-electron chi connectivity index (χ0n) is 9.73. The summed E-state index contributed by atoms with van der Waals surface area (Å²) in [6.45, 7) is 3.30. The third-order valence-corrected chi connectivity index (χ3v) is 3.81.